The van der Waals surface area contributed by atoms with Crippen LogP contribution in [-0.4, -0.2) is 64.6 Å². The molecule has 0 atom stereocenters. The van der Waals surface area contributed by atoms with Gasteiger partial charge in [-0.3, -0.25) is 19.4 Å². The maximum absolute atomic E-state index is 13.9. The Balaban J connectivity index is 0.000000566. The van der Waals surface area contributed by atoms with Crippen LogP contribution in [0.5, 0.6) is 0 Å². The molecule has 1 aromatic rings. The molecule has 1 spiro atoms. The number of amides is 1. The lowest BCUT2D eigenvalue weighted by Gasteiger charge is -2.41. The largest absolute Gasteiger partial charge is 0.490 e. The summed E-state index contributed by atoms with van der Waals surface area (Å²) in [5.74, 6) is -3.07. The molecule has 3 heterocycles. The van der Waals surface area contributed by atoms with E-state index in [0.29, 0.717) is 46.4 Å². The first-order valence-electron chi connectivity index (χ1n) is 14.5. The molecule has 1 amide bonds. The van der Waals surface area contributed by atoms with Gasteiger partial charge in [0.05, 0.1) is 20.4 Å². The maximum atomic E-state index is 13.9. The number of rotatable bonds is 9. The van der Waals surface area contributed by atoms with Gasteiger partial charge in [0.2, 0.25) is 17.5 Å². The average Bonchev–Trinajstić information content (AvgIpc) is 3.32. The highest BCUT2D eigenvalue weighted by atomic mass is 79.9. The van der Waals surface area contributed by atoms with E-state index in [9.17, 15) is 27.6 Å². The molecule has 0 radical (unpaired) electrons. The summed E-state index contributed by atoms with van der Waals surface area (Å²) in [4.78, 5) is 53.0. The van der Waals surface area contributed by atoms with Crippen LogP contribution in [0, 0.1) is 5.41 Å². The van der Waals surface area contributed by atoms with E-state index < -0.39 is 17.6 Å². The molecule has 44 heavy (non-hydrogen) atoms. The second-order valence-corrected chi connectivity index (χ2v) is 12.7. The predicted molar refractivity (Wildman–Crippen MR) is 165 cm³/mol. The van der Waals surface area contributed by atoms with Crippen LogP contribution >= 0.6 is 31.9 Å². The van der Waals surface area contributed by atoms with E-state index >= 15 is 0 Å². The van der Waals surface area contributed by atoms with Crippen molar-refractivity contribution in [2.75, 3.05) is 19.6 Å². The molecule has 238 valence electrons. The Morgan fingerprint density at radius 3 is 2.36 bits per heavy atom. The van der Waals surface area contributed by atoms with Gasteiger partial charge in [-0.2, -0.15) is 13.2 Å². The molecule has 0 fully saturated rings. The molecule has 0 aromatic carbocycles. The molecule has 5 rings (SSSR count). The second kappa shape index (κ2) is 14.0. The number of Topliss-reactive ketones (excluding diaryl/α,β-unsaturated/α-hetero) is 2. The molecule has 1 aromatic heterocycles. The number of carboxylic acids is 1. The Labute approximate surface area is 269 Å². The number of carbonyl (C=O) groups is 4. The lowest BCUT2D eigenvalue weighted by atomic mass is 9.66. The number of hydrogen-bond acceptors (Lipinski definition) is 6. The number of aliphatic imine (C=N–C) groups is 1. The summed E-state index contributed by atoms with van der Waals surface area (Å²) in [5, 5.41) is 13.5. The number of halogens is 5. The van der Waals surface area contributed by atoms with Crippen molar-refractivity contribution >= 4 is 61.0 Å². The van der Waals surface area contributed by atoms with Gasteiger partial charge in [-0.15, -0.1) is 0 Å². The molecular formula is C30H33Br2F3N4O5. The second-order valence-electron chi connectivity index (χ2n) is 11.0. The third-order valence-corrected chi connectivity index (χ3v) is 9.07. The van der Waals surface area contributed by atoms with E-state index in [4.69, 9.17) is 14.9 Å². The summed E-state index contributed by atoms with van der Waals surface area (Å²) in [6, 6.07) is 0. The summed E-state index contributed by atoms with van der Waals surface area (Å²) < 4.78 is 34.5. The maximum Gasteiger partial charge on any atom is 0.490 e. The number of hydrogen-bond donors (Lipinski definition) is 3. The van der Waals surface area contributed by atoms with Gasteiger partial charge in [0.25, 0.3) is 0 Å². The SMILES string of the molecule is CCCCCCCCNC(=O)Cn1cc2c3c1C(=O)C1=C(C3=NCC2)C2(C=C(Br)C(=O)C(Br)=C2)CCN1.O=C(O)C(F)(F)F. The molecule has 0 bridgehead atoms. The van der Waals surface area contributed by atoms with Crippen LogP contribution in [0.4, 0.5) is 13.2 Å². The van der Waals surface area contributed by atoms with Gasteiger partial charge in [-0.1, -0.05) is 51.2 Å². The number of nitrogens with zero attached hydrogens (tertiary/aromatic N) is 2. The summed E-state index contributed by atoms with van der Waals surface area (Å²) in [6.07, 6.45) is 9.15. The zero-order valence-corrected chi connectivity index (χ0v) is 27.3. The van der Waals surface area contributed by atoms with Crippen LogP contribution in [0.1, 0.15) is 73.5 Å². The van der Waals surface area contributed by atoms with Crippen molar-refractivity contribution in [3.8, 4) is 0 Å². The summed E-state index contributed by atoms with van der Waals surface area (Å²) >= 11 is 6.87. The zero-order valence-electron chi connectivity index (χ0n) is 24.1. The minimum Gasteiger partial charge on any atom is -0.475 e. The van der Waals surface area contributed by atoms with E-state index in [1.165, 1.54) is 25.7 Å². The van der Waals surface area contributed by atoms with Crippen LogP contribution in [0.3, 0.4) is 0 Å². The van der Waals surface area contributed by atoms with Crippen LogP contribution in [0.2, 0.25) is 0 Å². The predicted octanol–water partition coefficient (Wildman–Crippen LogP) is 5.51. The fraction of sp³-hybridized carbons (Fsp3) is 0.500. The smallest absolute Gasteiger partial charge is 0.475 e. The molecular weight excluding hydrogens is 713 g/mol. The van der Waals surface area contributed by atoms with Gasteiger partial charge in [0, 0.05) is 42.4 Å². The van der Waals surface area contributed by atoms with Gasteiger partial charge in [-0.05, 0) is 56.7 Å². The van der Waals surface area contributed by atoms with Crippen LogP contribution < -0.4 is 10.6 Å². The number of fused-ring (bicyclic) bond motifs is 2. The van der Waals surface area contributed by atoms with Crippen molar-refractivity contribution in [3.63, 3.8) is 0 Å². The minimum absolute atomic E-state index is 0.0826. The van der Waals surface area contributed by atoms with Crippen LogP contribution in [-0.2, 0) is 27.3 Å². The standard InChI is InChI=1S/C28H32Br2N4O3.C2HF3O2/c1-2-3-4-5-6-7-10-31-20(35)16-34-15-17-8-11-32-23-21(17)25(34)27(37)24-22(23)28(9-12-33-24)13-18(29)26(36)19(30)14-28;3-2(4,5)1(6)7/h13-15,33H,2-12,16H2,1H3,(H,31,35);(H,6,7). The fourth-order valence-corrected chi connectivity index (χ4v) is 7.38. The van der Waals surface area contributed by atoms with Crippen molar-refractivity contribution in [1.82, 2.24) is 15.2 Å². The summed E-state index contributed by atoms with van der Waals surface area (Å²) in [6.45, 7) is 4.17. The van der Waals surface area contributed by atoms with Gasteiger partial charge >= 0.3 is 12.1 Å². The van der Waals surface area contributed by atoms with Crippen molar-refractivity contribution in [2.24, 2.45) is 10.4 Å². The zero-order chi connectivity index (χ0) is 32.2. The third kappa shape index (κ3) is 7.11. The van der Waals surface area contributed by atoms with E-state index in [2.05, 4.69) is 49.4 Å². The first kappa shape index (κ1) is 33.9. The molecule has 4 aliphatic rings. The molecule has 3 N–H and O–H groups in total. The normalized spacial score (nSPS) is 18.3. The summed E-state index contributed by atoms with van der Waals surface area (Å²) in [5.41, 5.74) is 3.93. The molecule has 2 aliphatic heterocycles. The monoisotopic (exact) mass is 744 g/mol. The number of unbranched alkanes of at least 4 members (excludes halogenated alkanes) is 5. The molecule has 14 heteroatoms. The fourth-order valence-electron chi connectivity index (χ4n) is 5.87. The van der Waals surface area contributed by atoms with E-state index in [0.717, 1.165) is 41.7 Å². The lowest BCUT2D eigenvalue weighted by molar-refractivity contribution is -0.192. The number of aliphatic carboxylic acids is 1. The van der Waals surface area contributed by atoms with Crippen molar-refractivity contribution < 1.29 is 37.5 Å². The molecule has 9 nitrogen and oxygen atoms in total. The molecule has 0 saturated heterocycles. The lowest BCUT2D eigenvalue weighted by Crippen LogP contribution is -2.45. The van der Waals surface area contributed by atoms with Crippen molar-refractivity contribution in [1.29, 1.82) is 0 Å². The van der Waals surface area contributed by atoms with Crippen LogP contribution in [0.25, 0.3) is 0 Å². The highest BCUT2D eigenvalue weighted by Crippen LogP contribution is 2.49. The average molecular weight is 746 g/mol. The Morgan fingerprint density at radius 2 is 1.73 bits per heavy atom. The van der Waals surface area contributed by atoms with E-state index in [1.54, 1.807) is 4.57 Å². The van der Waals surface area contributed by atoms with Gasteiger partial charge in [0.15, 0.2) is 0 Å². The quantitative estimate of drug-likeness (QED) is 0.286. The highest BCUT2D eigenvalue weighted by Gasteiger charge is 2.48. The first-order valence-corrected chi connectivity index (χ1v) is 16.1. The molecule has 0 unspecified atom stereocenters. The number of carboxylic acid groups (broad SMARTS) is 1. The Hall–Kier alpha value is -3.00. The Morgan fingerprint density at radius 1 is 1.09 bits per heavy atom. The molecule has 2 aliphatic carbocycles. The summed E-state index contributed by atoms with van der Waals surface area (Å²) in [7, 11) is 0. The minimum atomic E-state index is -5.08. The van der Waals surface area contributed by atoms with Crippen molar-refractivity contribution in [2.45, 2.75) is 71.0 Å². The number of alkyl halides is 3. The number of nitrogens with one attached hydrogen (secondary N) is 2. The third-order valence-electron chi connectivity index (χ3n) is 7.89. The number of allylic oxidation sites excluding steroid dienone is 6. The number of carbonyl (C=O) groups excluding carboxylic acids is 3. The van der Waals surface area contributed by atoms with Gasteiger partial charge in [0.1, 0.15) is 12.2 Å². The van der Waals surface area contributed by atoms with Gasteiger partial charge in [-0.25, -0.2) is 4.79 Å². The van der Waals surface area contributed by atoms with Crippen LogP contribution in [0.15, 0.2) is 43.6 Å². The number of aromatic nitrogens is 1. The molecule has 0 saturated carbocycles. The van der Waals surface area contributed by atoms with Crippen molar-refractivity contribution in [3.05, 3.63) is 55.4 Å². The first-order chi connectivity index (χ1) is 20.8. The Bertz CT molecular complexity index is 1470. The van der Waals surface area contributed by atoms with E-state index in [-0.39, 0.29) is 24.0 Å². The van der Waals surface area contributed by atoms with Gasteiger partial charge < -0.3 is 20.3 Å². The Kier molecular flexibility index (Phi) is 10.8. The number of ketones is 2. The highest BCUT2D eigenvalue weighted by molar-refractivity contribution is 9.13. The van der Waals surface area contributed by atoms with E-state index in [1.807, 2.05) is 18.3 Å². The topological polar surface area (TPSA) is 130 Å².